The van der Waals surface area contributed by atoms with Crippen LogP contribution in [0.5, 0.6) is 5.75 Å². The van der Waals surface area contributed by atoms with E-state index in [1.54, 1.807) is 11.0 Å². The Balaban J connectivity index is 1.23. The lowest BCUT2D eigenvalue weighted by Gasteiger charge is -2.31. The van der Waals surface area contributed by atoms with Crippen molar-refractivity contribution in [1.29, 1.82) is 0 Å². The Hall–Kier alpha value is -5.11. The Morgan fingerprint density at radius 2 is 1.70 bits per heavy atom. The third kappa shape index (κ3) is 5.63. The van der Waals surface area contributed by atoms with Crippen LogP contribution in [-0.2, 0) is 11.2 Å². The van der Waals surface area contributed by atoms with Gasteiger partial charge in [-0.2, -0.15) is 0 Å². The number of amides is 1. The minimum Gasteiger partial charge on any atom is -0.493 e. The number of aliphatic carboxylic acids is 1. The Morgan fingerprint density at radius 1 is 0.932 bits per heavy atom. The number of carbonyl (C=O) groups is 3. The van der Waals surface area contributed by atoms with Crippen molar-refractivity contribution >= 4 is 39.5 Å². The second-order valence-electron chi connectivity index (χ2n) is 11.4. The molecular weight excluding hydrogens is 556 g/mol. The summed E-state index contributed by atoms with van der Waals surface area (Å²) in [5.41, 5.74) is 4.75. The van der Waals surface area contributed by atoms with E-state index in [9.17, 15) is 24.6 Å². The monoisotopic (exact) mass is 590 g/mol. The van der Waals surface area contributed by atoms with Gasteiger partial charge in [0.25, 0.3) is 5.91 Å². The van der Waals surface area contributed by atoms with Gasteiger partial charge in [0.1, 0.15) is 11.4 Å². The number of aromatic amines is 1. The van der Waals surface area contributed by atoms with Crippen molar-refractivity contribution < 1.29 is 29.3 Å². The fraction of sp³-hybridized carbons (Fsp3) is 0.250. The lowest BCUT2D eigenvalue weighted by molar-refractivity contribution is -0.143. The van der Waals surface area contributed by atoms with Crippen LogP contribution in [-0.4, -0.2) is 57.6 Å². The molecule has 1 aromatic heterocycles. The molecule has 1 unspecified atom stereocenters. The van der Waals surface area contributed by atoms with Gasteiger partial charge in [-0.1, -0.05) is 60.7 Å². The Kier molecular flexibility index (Phi) is 8.07. The molecule has 0 aliphatic carbocycles. The largest absolute Gasteiger partial charge is 0.493 e. The zero-order valence-corrected chi connectivity index (χ0v) is 24.5. The van der Waals surface area contributed by atoms with Crippen LogP contribution < -0.4 is 4.74 Å². The zero-order valence-electron chi connectivity index (χ0n) is 24.5. The van der Waals surface area contributed by atoms with E-state index >= 15 is 0 Å². The molecule has 1 aliphatic rings. The number of likely N-dealkylation sites (tertiary alicyclic amines) is 1. The predicted molar refractivity (Wildman–Crippen MR) is 169 cm³/mol. The Labute approximate surface area is 254 Å². The summed E-state index contributed by atoms with van der Waals surface area (Å²) in [6.07, 6.45) is 2.40. The fourth-order valence-electron chi connectivity index (χ4n) is 6.34. The number of ether oxygens (including phenoxy) is 1. The highest BCUT2D eigenvalue weighted by atomic mass is 16.5. The van der Waals surface area contributed by atoms with Gasteiger partial charge in [-0.25, -0.2) is 4.79 Å². The Morgan fingerprint density at radius 3 is 2.50 bits per heavy atom. The molecule has 0 radical (unpaired) electrons. The molecule has 0 spiro atoms. The molecule has 5 aromatic rings. The summed E-state index contributed by atoms with van der Waals surface area (Å²) >= 11 is 0. The molecule has 4 aromatic carbocycles. The van der Waals surface area contributed by atoms with Crippen molar-refractivity contribution in [3.63, 3.8) is 0 Å². The average Bonchev–Trinajstić information content (AvgIpc) is 3.42. The molecule has 1 saturated heterocycles. The maximum atomic E-state index is 13.2. The highest BCUT2D eigenvalue weighted by molar-refractivity contribution is 6.04. The number of benzene rings is 4. The van der Waals surface area contributed by atoms with Crippen LogP contribution in [0.1, 0.15) is 51.2 Å². The van der Waals surface area contributed by atoms with Crippen molar-refractivity contribution in [1.82, 2.24) is 9.88 Å². The number of hydrogen-bond acceptors (Lipinski definition) is 4. The molecule has 0 bridgehead atoms. The molecule has 1 amide bonds. The van der Waals surface area contributed by atoms with Gasteiger partial charge in [0.15, 0.2) is 0 Å². The number of fused-ring (bicyclic) bond motifs is 2. The van der Waals surface area contributed by atoms with Gasteiger partial charge in [-0.3, -0.25) is 9.59 Å². The Bertz CT molecular complexity index is 1890. The van der Waals surface area contributed by atoms with E-state index in [-0.39, 0.29) is 18.1 Å². The van der Waals surface area contributed by atoms with E-state index in [1.807, 2.05) is 79.7 Å². The molecule has 2 heterocycles. The van der Waals surface area contributed by atoms with Crippen molar-refractivity contribution in [2.24, 2.45) is 5.92 Å². The number of aromatic nitrogens is 1. The smallest absolute Gasteiger partial charge is 0.352 e. The summed E-state index contributed by atoms with van der Waals surface area (Å²) < 4.78 is 6.11. The first kappa shape index (κ1) is 29.0. The normalized spacial score (nSPS) is 15.0. The van der Waals surface area contributed by atoms with Crippen LogP contribution in [0, 0.1) is 12.8 Å². The fourth-order valence-corrected chi connectivity index (χ4v) is 6.34. The number of piperidine rings is 1. The summed E-state index contributed by atoms with van der Waals surface area (Å²) in [6, 6.07) is 25.3. The zero-order chi connectivity index (χ0) is 30.8. The lowest BCUT2D eigenvalue weighted by atomic mass is 9.94. The van der Waals surface area contributed by atoms with Gasteiger partial charge >= 0.3 is 11.9 Å². The van der Waals surface area contributed by atoms with Crippen LogP contribution >= 0.6 is 0 Å². The van der Waals surface area contributed by atoms with Gasteiger partial charge < -0.3 is 24.8 Å². The topological polar surface area (TPSA) is 120 Å². The highest BCUT2D eigenvalue weighted by Gasteiger charge is 2.29. The first-order chi connectivity index (χ1) is 21.3. The van der Waals surface area contributed by atoms with Crippen LogP contribution in [0.2, 0.25) is 0 Å². The van der Waals surface area contributed by atoms with Crippen LogP contribution in [0.25, 0.3) is 32.8 Å². The molecule has 44 heavy (non-hydrogen) atoms. The predicted octanol–water partition coefficient (Wildman–Crippen LogP) is 6.94. The summed E-state index contributed by atoms with van der Waals surface area (Å²) in [7, 11) is 0. The number of carboxylic acid groups (broad SMARTS) is 2. The third-order valence-electron chi connectivity index (χ3n) is 8.55. The summed E-state index contributed by atoms with van der Waals surface area (Å²) in [4.78, 5) is 41.8. The number of carboxylic acids is 2. The molecule has 1 atom stereocenters. The van der Waals surface area contributed by atoms with Gasteiger partial charge in [0.2, 0.25) is 0 Å². The summed E-state index contributed by atoms with van der Waals surface area (Å²) in [6.45, 7) is 3.12. The molecule has 0 saturated carbocycles. The van der Waals surface area contributed by atoms with Crippen molar-refractivity contribution in [2.75, 3.05) is 19.7 Å². The van der Waals surface area contributed by atoms with Crippen molar-refractivity contribution in [3.05, 3.63) is 101 Å². The minimum absolute atomic E-state index is 0.167. The van der Waals surface area contributed by atoms with E-state index < -0.39 is 17.9 Å². The number of rotatable bonds is 9. The number of para-hydroxylation sites is 1. The standard InChI is InChI=1S/C36H34N2O6/c1-22-20-24(34(39)38-18-6-10-25(21-38)35(40)41)16-17-26(22)28-12-5-13-29-30(33(36(42)43)37-32(28)29)14-7-19-44-31-15-4-9-23-8-2-3-11-27(23)31/h2-5,8-9,11-13,15-17,20,25,37H,6-7,10,14,18-19,21H2,1H3,(H,40,41)(H,42,43). The minimum atomic E-state index is -1.02. The maximum absolute atomic E-state index is 13.2. The number of hydrogen-bond donors (Lipinski definition) is 3. The van der Waals surface area contributed by atoms with Crippen LogP contribution in [0.3, 0.4) is 0 Å². The third-order valence-corrected chi connectivity index (χ3v) is 8.55. The number of aryl methyl sites for hydroxylation is 2. The van der Waals surface area contributed by atoms with Gasteiger partial charge in [-0.15, -0.1) is 0 Å². The molecule has 1 fully saturated rings. The number of carbonyl (C=O) groups excluding carboxylic acids is 1. The number of nitrogens with one attached hydrogen (secondary N) is 1. The average molecular weight is 591 g/mol. The SMILES string of the molecule is Cc1cc(C(=O)N2CCCC(C(=O)O)C2)ccc1-c1cccc2c(CCCOc3cccc4ccccc34)c(C(=O)O)[nH]c12. The van der Waals surface area contributed by atoms with E-state index in [2.05, 4.69) is 4.98 Å². The van der Waals surface area contributed by atoms with E-state index in [1.165, 1.54) is 0 Å². The number of aromatic carboxylic acids is 1. The molecule has 8 heteroatoms. The molecular formula is C36H34N2O6. The van der Waals surface area contributed by atoms with E-state index in [0.717, 1.165) is 49.7 Å². The van der Waals surface area contributed by atoms with Gasteiger partial charge in [0.05, 0.1) is 18.0 Å². The number of nitrogens with zero attached hydrogens (tertiary/aromatic N) is 1. The van der Waals surface area contributed by atoms with E-state index in [4.69, 9.17) is 4.74 Å². The first-order valence-electron chi connectivity index (χ1n) is 14.9. The van der Waals surface area contributed by atoms with E-state index in [0.29, 0.717) is 44.4 Å². The highest BCUT2D eigenvalue weighted by Crippen LogP contribution is 2.35. The molecule has 224 valence electrons. The molecule has 3 N–H and O–H groups in total. The second-order valence-corrected chi connectivity index (χ2v) is 11.4. The summed E-state index contributed by atoms with van der Waals surface area (Å²) in [5, 5.41) is 22.5. The van der Waals surface area contributed by atoms with Crippen LogP contribution in [0.4, 0.5) is 0 Å². The lowest BCUT2D eigenvalue weighted by Crippen LogP contribution is -2.42. The van der Waals surface area contributed by atoms with Crippen LogP contribution in [0.15, 0.2) is 78.9 Å². The van der Waals surface area contributed by atoms with Gasteiger partial charge in [0, 0.05) is 35.0 Å². The summed E-state index contributed by atoms with van der Waals surface area (Å²) in [5.74, 6) is -1.80. The number of H-pyrrole nitrogens is 1. The molecule has 1 aliphatic heterocycles. The van der Waals surface area contributed by atoms with Crippen molar-refractivity contribution in [2.45, 2.75) is 32.6 Å². The second kappa shape index (κ2) is 12.2. The molecule has 6 rings (SSSR count). The molecule has 8 nitrogen and oxygen atoms in total. The van der Waals surface area contributed by atoms with Gasteiger partial charge in [-0.05, 0) is 72.9 Å². The van der Waals surface area contributed by atoms with Crippen molar-refractivity contribution in [3.8, 4) is 16.9 Å². The maximum Gasteiger partial charge on any atom is 0.352 e. The quantitative estimate of drug-likeness (QED) is 0.160. The first-order valence-corrected chi connectivity index (χ1v) is 14.9.